The van der Waals surface area contributed by atoms with Crippen LogP contribution in [0.5, 0.6) is 0 Å². The summed E-state index contributed by atoms with van der Waals surface area (Å²) in [7, 11) is 0. The van der Waals surface area contributed by atoms with Crippen molar-refractivity contribution in [3.63, 3.8) is 0 Å². The summed E-state index contributed by atoms with van der Waals surface area (Å²) in [6.45, 7) is 6.74. The average Bonchev–Trinajstić information content (AvgIpc) is 3.11. The monoisotopic (exact) mass is 417 g/mol. The van der Waals surface area contributed by atoms with Gasteiger partial charge in [-0.05, 0) is 43.3 Å². The smallest absolute Gasteiger partial charge is 0.376 e. The van der Waals surface area contributed by atoms with E-state index in [0.29, 0.717) is 31.5 Å². The van der Waals surface area contributed by atoms with E-state index in [0.717, 1.165) is 31.9 Å². The van der Waals surface area contributed by atoms with E-state index in [1.807, 2.05) is 4.90 Å². The summed E-state index contributed by atoms with van der Waals surface area (Å²) in [6.07, 6.45) is -1.51. The van der Waals surface area contributed by atoms with Crippen molar-refractivity contribution in [3.05, 3.63) is 11.8 Å². The van der Waals surface area contributed by atoms with E-state index < -0.39 is 11.9 Å². The normalized spacial score (nSPS) is 25.6. The Balaban J connectivity index is 1.74. The lowest BCUT2D eigenvalue weighted by Crippen LogP contribution is -2.40. The molecule has 2 N–H and O–H groups in total. The number of hydrogen-bond acceptors (Lipinski definition) is 5. The fraction of sp³-hybridized carbons (Fsp3) is 0.722. The Bertz CT molecular complexity index is 686. The highest BCUT2D eigenvalue weighted by Crippen LogP contribution is 2.32. The molecule has 6 nitrogen and oxygen atoms in total. The van der Waals surface area contributed by atoms with Crippen LogP contribution >= 0.6 is 12.2 Å². The minimum Gasteiger partial charge on any atom is -0.376 e. The highest BCUT2D eigenvalue weighted by molar-refractivity contribution is 7.80. The summed E-state index contributed by atoms with van der Waals surface area (Å²) in [5.74, 6) is 0.892. The van der Waals surface area contributed by atoms with E-state index in [9.17, 15) is 13.2 Å². The third-order valence-electron chi connectivity index (χ3n) is 4.94. The predicted octanol–water partition coefficient (Wildman–Crippen LogP) is 3.44. The Morgan fingerprint density at radius 3 is 2.61 bits per heavy atom. The summed E-state index contributed by atoms with van der Waals surface area (Å²) in [6, 6.07) is 1.01. The Labute approximate surface area is 168 Å². The molecule has 0 amide bonds. The van der Waals surface area contributed by atoms with Gasteiger partial charge in [-0.3, -0.25) is 0 Å². The first-order valence-electron chi connectivity index (χ1n) is 9.58. The number of thiocarbonyl (C=S) groups is 1. The van der Waals surface area contributed by atoms with Gasteiger partial charge in [0.25, 0.3) is 0 Å². The first-order valence-corrected chi connectivity index (χ1v) is 9.99. The number of piperidine rings is 1. The summed E-state index contributed by atoms with van der Waals surface area (Å²) < 4.78 is 45.6. The van der Waals surface area contributed by atoms with Crippen molar-refractivity contribution in [1.29, 1.82) is 0 Å². The number of nitrogens with zero attached hydrogens (tertiary/aromatic N) is 3. The molecule has 0 aromatic carbocycles. The van der Waals surface area contributed by atoms with Gasteiger partial charge in [-0.2, -0.15) is 18.2 Å². The van der Waals surface area contributed by atoms with Gasteiger partial charge in [0, 0.05) is 32.3 Å². The largest absolute Gasteiger partial charge is 0.433 e. The molecule has 3 heterocycles. The molecule has 3 atom stereocenters. The lowest BCUT2D eigenvalue weighted by Gasteiger charge is -2.36. The number of hydrogen-bond donors (Lipinski definition) is 2. The zero-order valence-corrected chi connectivity index (χ0v) is 16.9. The number of alkyl halides is 3. The van der Waals surface area contributed by atoms with Gasteiger partial charge in [0.1, 0.15) is 5.82 Å². The van der Waals surface area contributed by atoms with Gasteiger partial charge >= 0.3 is 6.18 Å². The van der Waals surface area contributed by atoms with Crippen LogP contribution in [0, 0.1) is 11.8 Å². The zero-order valence-electron chi connectivity index (χ0n) is 16.1. The standard InChI is InChI=1S/C18H26F3N5OS/c1-11-6-12(2)10-26(9-11)15-7-14(18(19,20)21)23-16(24-15)25-17(28)22-8-13-4-3-5-27-13/h7,11-13H,3-6,8-10H2,1-2H3,(H2,22,23,24,25,28)/t11-,12-,13-/m1/s1. The average molecular weight is 418 g/mol. The number of anilines is 2. The molecule has 1 aromatic rings. The second-order valence-electron chi connectivity index (χ2n) is 7.75. The van der Waals surface area contributed by atoms with Gasteiger partial charge in [-0.1, -0.05) is 13.8 Å². The minimum absolute atomic E-state index is 0.0639. The van der Waals surface area contributed by atoms with Gasteiger partial charge < -0.3 is 20.3 Å². The van der Waals surface area contributed by atoms with E-state index in [4.69, 9.17) is 17.0 Å². The Morgan fingerprint density at radius 1 is 1.29 bits per heavy atom. The van der Waals surface area contributed by atoms with Crippen LogP contribution in [0.25, 0.3) is 0 Å². The molecule has 2 aliphatic heterocycles. The SMILES string of the molecule is C[C@@H]1C[C@@H](C)CN(c2cc(C(F)(F)F)nc(NC(=S)NC[C@H]3CCCO3)n2)C1. The second-order valence-corrected chi connectivity index (χ2v) is 8.16. The molecular formula is C18H26F3N5OS. The van der Waals surface area contributed by atoms with Crippen LogP contribution in [0.1, 0.15) is 38.8 Å². The summed E-state index contributed by atoms with van der Waals surface area (Å²) in [5.41, 5.74) is -0.979. The predicted molar refractivity (Wildman–Crippen MR) is 105 cm³/mol. The van der Waals surface area contributed by atoms with Gasteiger partial charge in [0.2, 0.25) is 5.95 Å². The molecule has 1 aromatic heterocycles. The van der Waals surface area contributed by atoms with Gasteiger partial charge in [0.15, 0.2) is 10.8 Å². The molecule has 2 fully saturated rings. The topological polar surface area (TPSA) is 62.3 Å². The Morgan fingerprint density at radius 2 is 2.00 bits per heavy atom. The molecule has 10 heteroatoms. The second kappa shape index (κ2) is 8.77. The highest BCUT2D eigenvalue weighted by atomic mass is 32.1. The quantitative estimate of drug-likeness (QED) is 0.728. The molecule has 0 aliphatic carbocycles. The van der Waals surface area contributed by atoms with E-state index in [2.05, 4.69) is 34.4 Å². The third kappa shape index (κ3) is 5.66. The third-order valence-corrected chi connectivity index (χ3v) is 5.18. The fourth-order valence-corrected chi connectivity index (χ4v) is 3.98. The zero-order chi connectivity index (χ0) is 20.3. The number of nitrogens with one attached hydrogen (secondary N) is 2. The Kier molecular flexibility index (Phi) is 6.59. The van der Waals surface area contributed by atoms with Crippen molar-refractivity contribution in [2.75, 3.05) is 36.5 Å². The van der Waals surface area contributed by atoms with Crippen molar-refractivity contribution in [2.45, 2.75) is 45.4 Å². The molecule has 2 aliphatic rings. The van der Waals surface area contributed by atoms with Gasteiger partial charge in [0.05, 0.1) is 6.10 Å². The number of halogens is 3. The lowest BCUT2D eigenvalue weighted by atomic mass is 9.92. The highest BCUT2D eigenvalue weighted by Gasteiger charge is 2.35. The molecule has 156 valence electrons. The van der Waals surface area contributed by atoms with E-state index in [-0.39, 0.29) is 23.0 Å². The maximum absolute atomic E-state index is 13.4. The van der Waals surface area contributed by atoms with Crippen molar-refractivity contribution in [2.24, 2.45) is 11.8 Å². The molecule has 0 bridgehead atoms. The van der Waals surface area contributed by atoms with Gasteiger partial charge in [-0.25, -0.2) is 4.98 Å². The van der Waals surface area contributed by atoms with Crippen molar-refractivity contribution >= 4 is 29.1 Å². The molecule has 2 saturated heterocycles. The summed E-state index contributed by atoms with van der Waals surface area (Å²) >= 11 is 5.19. The number of rotatable bonds is 4. The maximum atomic E-state index is 13.4. The van der Waals surface area contributed by atoms with E-state index >= 15 is 0 Å². The fourth-order valence-electron chi connectivity index (χ4n) is 3.81. The van der Waals surface area contributed by atoms with E-state index in [1.165, 1.54) is 0 Å². The van der Waals surface area contributed by atoms with Crippen LogP contribution in [-0.2, 0) is 10.9 Å². The molecule has 28 heavy (non-hydrogen) atoms. The molecule has 3 rings (SSSR count). The Hall–Kier alpha value is -1.68. The number of aromatic nitrogens is 2. The summed E-state index contributed by atoms with van der Waals surface area (Å²) in [4.78, 5) is 9.82. The van der Waals surface area contributed by atoms with Crippen LogP contribution in [0.4, 0.5) is 24.9 Å². The van der Waals surface area contributed by atoms with Crippen LogP contribution < -0.4 is 15.5 Å². The van der Waals surface area contributed by atoms with Crippen LogP contribution in [-0.4, -0.2) is 47.4 Å². The maximum Gasteiger partial charge on any atom is 0.433 e. The van der Waals surface area contributed by atoms with Crippen molar-refractivity contribution in [1.82, 2.24) is 15.3 Å². The first-order chi connectivity index (χ1) is 13.2. The van der Waals surface area contributed by atoms with Crippen LogP contribution in [0.15, 0.2) is 6.07 Å². The van der Waals surface area contributed by atoms with Gasteiger partial charge in [-0.15, -0.1) is 0 Å². The summed E-state index contributed by atoms with van der Waals surface area (Å²) in [5, 5.41) is 5.84. The first kappa shape index (κ1) is 21.0. The van der Waals surface area contributed by atoms with Crippen molar-refractivity contribution < 1.29 is 17.9 Å². The van der Waals surface area contributed by atoms with Crippen LogP contribution in [0.2, 0.25) is 0 Å². The molecule has 0 saturated carbocycles. The lowest BCUT2D eigenvalue weighted by molar-refractivity contribution is -0.141. The van der Waals surface area contributed by atoms with Crippen molar-refractivity contribution in [3.8, 4) is 0 Å². The number of ether oxygens (including phenoxy) is 1. The van der Waals surface area contributed by atoms with Crippen LogP contribution in [0.3, 0.4) is 0 Å². The molecule has 0 radical (unpaired) electrons. The minimum atomic E-state index is -4.56. The molecular weight excluding hydrogens is 391 g/mol. The van der Waals surface area contributed by atoms with E-state index in [1.54, 1.807) is 0 Å². The molecule has 0 unspecified atom stereocenters. The molecule has 0 spiro atoms.